The first-order chi connectivity index (χ1) is 10.3. The second-order valence-corrected chi connectivity index (χ2v) is 6.83. The van der Waals surface area contributed by atoms with Crippen molar-refractivity contribution in [3.63, 3.8) is 0 Å². The normalized spacial score (nSPS) is 17.7. The van der Waals surface area contributed by atoms with Gasteiger partial charge in [0.25, 0.3) is 0 Å². The molecular weight excluding hydrogens is 281 g/mol. The highest BCUT2D eigenvalue weighted by atomic mass is 19.1. The Hall–Kier alpha value is -2.10. The summed E-state index contributed by atoms with van der Waals surface area (Å²) in [5.74, 6) is -0.0868. The third-order valence-electron chi connectivity index (χ3n) is 3.88. The molecule has 0 radical (unpaired) electrons. The van der Waals surface area contributed by atoms with Crippen LogP contribution in [0, 0.1) is 5.82 Å². The van der Waals surface area contributed by atoms with Crippen molar-refractivity contribution >= 4 is 22.6 Å². The molecule has 3 nitrogen and oxygen atoms in total. The Morgan fingerprint density at radius 1 is 1.23 bits per heavy atom. The van der Waals surface area contributed by atoms with Crippen LogP contribution in [0.1, 0.15) is 39.2 Å². The van der Waals surface area contributed by atoms with E-state index >= 15 is 0 Å². The van der Waals surface area contributed by atoms with E-state index in [1.807, 2.05) is 39.8 Å². The highest BCUT2D eigenvalue weighted by molar-refractivity contribution is 5.99. The number of nitrogens with zero attached hydrogens (tertiary/aromatic N) is 1. The quantitative estimate of drug-likeness (QED) is 0.697. The monoisotopic (exact) mass is 301 g/mol. The van der Waals surface area contributed by atoms with Crippen molar-refractivity contribution < 1.29 is 13.9 Å². The summed E-state index contributed by atoms with van der Waals surface area (Å²) in [5.41, 5.74) is 1.30. The molecule has 2 aromatic carbocycles. The summed E-state index contributed by atoms with van der Waals surface area (Å²) >= 11 is 0. The zero-order chi connectivity index (χ0) is 16.1. The highest BCUT2D eigenvalue weighted by Crippen LogP contribution is 2.41. The van der Waals surface area contributed by atoms with E-state index in [9.17, 15) is 9.18 Å². The number of fused-ring (bicyclic) bond motifs is 3. The molecule has 22 heavy (non-hydrogen) atoms. The Balaban J connectivity index is 2.08. The Morgan fingerprint density at radius 2 is 1.95 bits per heavy atom. The predicted molar refractivity (Wildman–Crippen MR) is 85.9 cm³/mol. The average molecular weight is 301 g/mol. The standard InChI is InChI=1S/C18H20FNO2/c1-11-10-20(17(21)22-18(2,3)4)15-9-8-12-13(16(11)15)6-5-7-14(12)19/h5-9,11H,10H2,1-4H3. The second-order valence-electron chi connectivity index (χ2n) is 6.83. The fraction of sp³-hybridized carbons (Fsp3) is 0.389. The first-order valence-corrected chi connectivity index (χ1v) is 7.49. The third-order valence-corrected chi connectivity index (χ3v) is 3.88. The highest BCUT2D eigenvalue weighted by Gasteiger charge is 2.34. The van der Waals surface area contributed by atoms with E-state index in [-0.39, 0.29) is 17.8 Å². The van der Waals surface area contributed by atoms with Gasteiger partial charge in [0.1, 0.15) is 11.4 Å². The number of rotatable bonds is 0. The largest absolute Gasteiger partial charge is 0.443 e. The number of carbonyl (C=O) groups is 1. The zero-order valence-corrected chi connectivity index (χ0v) is 13.3. The first kappa shape index (κ1) is 14.8. The van der Waals surface area contributed by atoms with Crippen LogP contribution in [0.3, 0.4) is 0 Å². The van der Waals surface area contributed by atoms with E-state index < -0.39 is 5.60 Å². The maximum Gasteiger partial charge on any atom is 0.414 e. The SMILES string of the molecule is CC1CN(C(=O)OC(C)(C)C)c2ccc3c(F)cccc3c21. The Kier molecular flexibility index (Phi) is 3.35. The summed E-state index contributed by atoms with van der Waals surface area (Å²) in [4.78, 5) is 14.1. The first-order valence-electron chi connectivity index (χ1n) is 7.49. The van der Waals surface area contributed by atoms with Gasteiger partial charge < -0.3 is 4.74 Å². The van der Waals surface area contributed by atoms with Gasteiger partial charge in [0.05, 0.1) is 5.69 Å². The van der Waals surface area contributed by atoms with E-state index in [1.54, 1.807) is 17.0 Å². The third kappa shape index (κ3) is 2.43. The smallest absolute Gasteiger partial charge is 0.414 e. The molecule has 0 aromatic heterocycles. The fourth-order valence-electron chi connectivity index (χ4n) is 3.04. The van der Waals surface area contributed by atoms with Gasteiger partial charge in [0, 0.05) is 17.8 Å². The molecule has 0 fully saturated rings. The summed E-state index contributed by atoms with van der Waals surface area (Å²) < 4.78 is 19.4. The molecule has 0 saturated carbocycles. The van der Waals surface area contributed by atoms with Gasteiger partial charge in [0.2, 0.25) is 0 Å². The van der Waals surface area contributed by atoms with Crippen LogP contribution < -0.4 is 4.90 Å². The van der Waals surface area contributed by atoms with E-state index in [2.05, 4.69) is 0 Å². The molecular formula is C18H20FNO2. The lowest BCUT2D eigenvalue weighted by atomic mass is 9.96. The number of halogens is 1. The lowest BCUT2D eigenvalue weighted by Gasteiger charge is -2.25. The molecule has 3 rings (SSSR count). The Morgan fingerprint density at radius 3 is 2.64 bits per heavy atom. The van der Waals surface area contributed by atoms with Crippen molar-refractivity contribution in [3.8, 4) is 0 Å². The minimum absolute atomic E-state index is 0.146. The van der Waals surface area contributed by atoms with Gasteiger partial charge in [-0.25, -0.2) is 9.18 Å². The van der Waals surface area contributed by atoms with Crippen molar-refractivity contribution in [2.75, 3.05) is 11.4 Å². The lowest BCUT2D eigenvalue weighted by molar-refractivity contribution is 0.0582. The average Bonchev–Trinajstić information content (AvgIpc) is 2.75. The minimum Gasteiger partial charge on any atom is -0.443 e. The number of ether oxygens (including phenoxy) is 1. The van der Waals surface area contributed by atoms with Gasteiger partial charge in [-0.2, -0.15) is 0 Å². The van der Waals surface area contributed by atoms with Crippen LogP contribution in [-0.4, -0.2) is 18.2 Å². The Bertz CT molecular complexity index is 749. The Labute approximate surface area is 129 Å². The molecule has 1 aliphatic rings. The van der Waals surface area contributed by atoms with Gasteiger partial charge in [-0.05, 0) is 49.9 Å². The predicted octanol–water partition coefficient (Wildman–Crippen LogP) is 4.84. The number of amides is 1. The van der Waals surface area contributed by atoms with Crippen LogP contribution in [0.5, 0.6) is 0 Å². The maximum atomic E-state index is 14.0. The van der Waals surface area contributed by atoms with E-state index in [1.165, 1.54) is 6.07 Å². The van der Waals surface area contributed by atoms with Crippen molar-refractivity contribution in [2.45, 2.75) is 39.2 Å². The molecule has 1 heterocycles. The lowest BCUT2D eigenvalue weighted by Crippen LogP contribution is -2.36. The summed E-state index contributed by atoms with van der Waals surface area (Å²) in [6.45, 7) is 8.15. The molecule has 0 spiro atoms. The van der Waals surface area contributed by atoms with Crippen LogP contribution in [0.2, 0.25) is 0 Å². The van der Waals surface area contributed by atoms with Crippen LogP contribution in [0.15, 0.2) is 30.3 Å². The van der Waals surface area contributed by atoms with Gasteiger partial charge in [-0.3, -0.25) is 4.90 Å². The zero-order valence-electron chi connectivity index (χ0n) is 13.3. The summed E-state index contributed by atoms with van der Waals surface area (Å²) in [6.07, 6.45) is -0.353. The number of anilines is 1. The topological polar surface area (TPSA) is 29.5 Å². The fourth-order valence-corrected chi connectivity index (χ4v) is 3.04. The molecule has 2 aromatic rings. The van der Waals surface area contributed by atoms with E-state index in [4.69, 9.17) is 4.74 Å². The summed E-state index contributed by atoms with van der Waals surface area (Å²) in [5, 5.41) is 1.47. The van der Waals surface area contributed by atoms with Gasteiger partial charge >= 0.3 is 6.09 Å². The van der Waals surface area contributed by atoms with Crippen molar-refractivity contribution in [3.05, 3.63) is 41.7 Å². The summed E-state index contributed by atoms with van der Waals surface area (Å²) in [7, 11) is 0. The van der Waals surface area contributed by atoms with E-state index in [0.29, 0.717) is 11.9 Å². The minimum atomic E-state index is -0.536. The molecule has 1 atom stereocenters. The molecule has 1 aliphatic heterocycles. The number of hydrogen-bond acceptors (Lipinski definition) is 2. The molecule has 0 bridgehead atoms. The van der Waals surface area contributed by atoms with Crippen LogP contribution in [0.4, 0.5) is 14.9 Å². The molecule has 1 unspecified atom stereocenters. The van der Waals surface area contributed by atoms with Crippen LogP contribution >= 0.6 is 0 Å². The molecule has 0 saturated heterocycles. The van der Waals surface area contributed by atoms with Crippen molar-refractivity contribution in [2.24, 2.45) is 0 Å². The van der Waals surface area contributed by atoms with Gasteiger partial charge in [-0.15, -0.1) is 0 Å². The number of benzene rings is 2. The molecule has 4 heteroatoms. The number of carbonyl (C=O) groups excluding carboxylic acids is 1. The van der Waals surface area contributed by atoms with Gasteiger partial charge in [-0.1, -0.05) is 19.1 Å². The molecule has 0 N–H and O–H groups in total. The second kappa shape index (κ2) is 4.97. The number of hydrogen-bond donors (Lipinski definition) is 0. The van der Waals surface area contributed by atoms with Crippen LogP contribution in [-0.2, 0) is 4.74 Å². The van der Waals surface area contributed by atoms with E-state index in [0.717, 1.165) is 16.6 Å². The molecule has 0 aliphatic carbocycles. The maximum absolute atomic E-state index is 14.0. The van der Waals surface area contributed by atoms with Crippen LogP contribution in [0.25, 0.3) is 10.8 Å². The summed E-state index contributed by atoms with van der Waals surface area (Å²) in [6, 6.07) is 8.63. The van der Waals surface area contributed by atoms with Crippen molar-refractivity contribution in [1.29, 1.82) is 0 Å². The van der Waals surface area contributed by atoms with Gasteiger partial charge in [0.15, 0.2) is 0 Å². The molecule has 1 amide bonds. The molecule has 116 valence electrons. The van der Waals surface area contributed by atoms with Crippen molar-refractivity contribution in [1.82, 2.24) is 0 Å².